The van der Waals surface area contributed by atoms with E-state index in [9.17, 15) is 9.59 Å². The van der Waals surface area contributed by atoms with Crippen LogP contribution in [0.15, 0.2) is 42.5 Å². The van der Waals surface area contributed by atoms with Crippen LogP contribution in [0.3, 0.4) is 0 Å². The van der Waals surface area contributed by atoms with E-state index in [0.29, 0.717) is 13.0 Å². The quantitative estimate of drug-likeness (QED) is 0.698. The summed E-state index contributed by atoms with van der Waals surface area (Å²) in [5, 5.41) is 0. The lowest BCUT2D eigenvalue weighted by Gasteiger charge is -2.37. The van der Waals surface area contributed by atoms with Gasteiger partial charge in [-0.15, -0.1) is 0 Å². The van der Waals surface area contributed by atoms with Crippen LogP contribution in [0.1, 0.15) is 43.0 Å². The molecule has 30 heavy (non-hydrogen) atoms. The number of carbonyl (C=O) groups is 2. The fourth-order valence-corrected chi connectivity index (χ4v) is 3.54. The molecule has 6 heteroatoms. The van der Waals surface area contributed by atoms with Gasteiger partial charge in [0.1, 0.15) is 24.0 Å². The highest BCUT2D eigenvalue weighted by Crippen LogP contribution is 2.35. The van der Waals surface area contributed by atoms with Gasteiger partial charge in [-0.1, -0.05) is 42.5 Å². The standard InChI is InChI=1S/C24H29NO5/c1-16-11-12-18-14-25(23(27)30-24(2,3)4)20(22(26)28-5)13-19(18)21(16)29-15-17-9-7-6-8-10-17/h6-12,20H,13-15H2,1-5H3. The molecule has 0 N–H and O–H groups in total. The maximum atomic E-state index is 12.8. The molecule has 1 unspecified atom stereocenters. The number of methoxy groups -OCH3 is 1. The molecule has 160 valence electrons. The fraction of sp³-hybridized carbons (Fsp3) is 0.417. The molecule has 2 aromatic carbocycles. The molecule has 0 spiro atoms. The first-order chi connectivity index (χ1) is 14.2. The van der Waals surface area contributed by atoms with E-state index in [1.54, 1.807) is 20.8 Å². The number of fused-ring (bicyclic) bond motifs is 1. The zero-order chi connectivity index (χ0) is 21.9. The van der Waals surface area contributed by atoms with Crippen molar-refractivity contribution in [1.29, 1.82) is 0 Å². The van der Waals surface area contributed by atoms with Crippen molar-refractivity contribution >= 4 is 12.1 Å². The van der Waals surface area contributed by atoms with Crippen LogP contribution in [0.4, 0.5) is 4.79 Å². The highest BCUT2D eigenvalue weighted by molar-refractivity contribution is 5.83. The maximum absolute atomic E-state index is 12.8. The van der Waals surface area contributed by atoms with Gasteiger partial charge in [0.15, 0.2) is 0 Å². The average Bonchev–Trinajstić information content (AvgIpc) is 2.71. The topological polar surface area (TPSA) is 65.1 Å². The summed E-state index contributed by atoms with van der Waals surface area (Å²) >= 11 is 0. The number of esters is 1. The van der Waals surface area contributed by atoms with E-state index in [1.165, 1.54) is 12.0 Å². The number of nitrogens with zero attached hydrogens (tertiary/aromatic N) is 1. The van der Waals surface area contributed by atoms with Gasteiger partial charge in [-0.3, -0.25) is 4.90 Å². The van der Waals surface area contributed by atoms with Gasteiger partial charge in [0.05, 0.1) is 13.7 Å². The predicted octanol–water partition coefficient (Wildman–Crippen LogP) is 4.41. The molecule has 0 bridgehead atoms. The van der Waals surface area contributed by atoms with Gasteiger partial charge in [-0.05, 0) is 44.4 Å². The fourth-order valence-electron chi connectivity index (χ4n) is 3.54. The number of rotatable bonds is 4. The summed E-state index contributed by atoms with van der Waals surface area (Å²) in [6.07, 6.45) is -0.219. The SMILES string of the molecule is COC(=O)C1Cc2c(ccc(C)c2OCc2ccccc2)CN1C(=O)OC(C)(C)C. The summed E-state index contributed by atoms with van der Waals surface area (Å²) in [5.41, 5.74) is 3.26. The van der Waals surface area contributed by atoms with E-state index in [1.807, 2.05) is 49.4 Å². The summed E-state index contributed by atoms with van der Waals surface area (Å²) in [4.78, 5) is 26.7. The minimum Gasteiger partial charge on any atom is -0.488 e. The van der Waals surface area contributed by atoms with Gasteiger partial charge in [-0.2, -0.15) is 0 Å². The number of aryl methyl sites for hydroxylation is 1. The largest absolute Gasteiger partial charge is 0.488 e. The van der Waals surface area contributed by atoms with Crippen molar-refractivity contribution in [1.82, 2.24) is 4.90 Å². The third-order valence-corrected chi connectivity index (χ3v) is 5.00. The molecule has 3 rings (SSSR count). The second kappa shape index (κ2) is 8.78. The van der Waals surface area contributed by atoms with E-state index in [4.69, 9.17) is 14.2 Å². The molecule has 6 nitrogen and oxygen atoms in total. The first kappa shape index (κ1) is 21.7. The van der Waals surface area contributed by atoms with Crippen molar-refractivity contribution in [2.45, 2.75) is 58.9 Å². The predicted molar refractivity (Wildman–Crippen MR) is 113 cm³/mol. The van der Waals surface area contributed by atoms with E-state index in [0.717, 1.165) is 28.0 Å². The Bertz CT molecular complexity index is 917. The number of ether oxygens (including phenoxy) is 3. The number of hydrogen-bond donors (Lipinski definition) is 0. The Morgan fingerprint density at radius 1 is 1.10 bits per heavy atom. The van der Waals surface area contributed by atoms with Gasteiger partial charge in [0.25, 0.3) is 0 Å². The number of benzene rings is 2. The van der Waals surface area contributed by atoms with E-state index in [-0.39, 0.29) is 6.54 Å². The first-order valence-electron chi connectivity index (χ1n) is 10.0. The number of amides is 1. The Balaban J connectivity index is 1.91. The van der Waals surface area contributed by atoms with Crippen molar-refractivity contribution < 1.29 is 23.8 Å². The molecule has 1 atom stereocenters. The van der Waals surface area contributed by atoms with Crippen LogP contribution in [0.25, 0.3) is 0 Å². The second-order valence-corrected chi connectivity index (χ2v) is 8.47. The molecule has 1 heterocycles. The molecular formula is C24H29NO5. The van der Waals surface area contributed by atoms with Crippen LogP contribution in [0.5, 0.6) is 5.75 Å². The highest BCUT2D eigenvalue weighted by atomic mass is 16.6. The van der Waals surface area contributed by atoms with Crippen molar-refractivity contribution in [3.05, 3.63) is 64.7 Å². The molecule has 0 aliphatic carbocycles. The van der Waals surface area contributed by atoms with Gasteiger partial charge in [-0.25, -0.2) is 9.59 Å². The lowest BCUT2D eigenvalue weighted by atomic mass is 9.91. The Kier molecular flexibility index (Phi) is 6.34. The molecule has 1 amide bonds. The molecule has 1 aliphatic heterocycles. The monoisotopic (exact) mass is 411 g/mol. The summed E-state index contributed by atoms with van der Waals surface area (Å²) in [5.74, 6) is 0.288. The zero-order valence-corrected chi connectivity index (χ0v) is 18.2. The van der Waals surface area contributed by atoms with Crippen LogP contribution in [0.2, 0.25) is 0 Å². The van der Waals surface area contributed by atoms with E-state index in [2.05, 4.69) is 0 Å². The zero-order valence-electron chi connectivity index (χ0n) is 18.2. The van der Waals surface area contributed by atoms with Crippen LogP contribution in [0, 0.1) is 6.92 Å². The molecule has 0 radical (unpaired) electrons. The van der Waals surface area contributed by atoms with Crippen molar-refractivity contribution in [2.75, 3.05) is 7.11 Å². The average molecular weight is 411 g/mol. The Hall–Kier alpha value is -3.02. The minimum atomic E-state index is -0.766. The highest BCUT2D eigenvalue weighted by Gasteiger charge is 2.39. The molecule has 0 aromatic heterocycles. The van der Waals surface area contributed by atoms with Gasteiger partial charge in [0.2, 0.25) is 0 Å². The number of hydrogen-bond acceptors (Lipinski definition) is 5. The second-order valence-electron chi connectivity index (χ2n) is 8.47. The molecular weight excluding hydrogens is 382 g/mol. The molecule has 0 fully saturated rings. The first-order valence-corrected chi connectivity index (χ1v) is 10.0. The summed E-state index contributed by atoms with van der Waals surface area (Å²) < 4.78 is 16.7. The Morgan fingerprint density at radius 2 is 1.80 bits per heavy atom. The van der Waals surface area contributed by atoms with Crippen LogP contribution in [-0.4, -0.2) is 35.7 Å². The van der Waals surface area contributed by atoms with Crippen molar-refractivity contribution in [3.8, 4) is 5.75 Å². The van der Waals surface area contributed by atoms with E-state index < -0.39 is 23.7 Å². The lowest BCUT2D eigenvalue weighted by molar-refractivity contribution is -0.147. The molecule has 0 saturated heterocycles. The molecule has 2 aromatic rings. The molecule has 0 saturated carbocycles. The maximum Gasteiger partial charge on any atom is 0.411 e. The van der Waals surface area contributed by atoms with Gasteiger partial charge >= 0.3 is 12.1 Å². The Morgan fingerprint density at radius 3 is 2.43 bits per heavy atom. The van der Waals surface area contributed by atoms with Crippen molar-refractivity contribution in [3.63, 3.8) is 0 Å². The third kappa shape index (κ3) is 4.93. The van der Waals surface area contributed by atoms with Gasteiger partial charge < -0.3 is 14.2 Å². The summed E-state index contributed by atoms with van der Waals surface area (Å²) in [6.45, 7) is 8.06. The van der Waals surface area contributed by atoms with Crippen LogP contribution in [-0.2, 0) is 33.8 Å². The summed E-state index contributed by atoms with van der Waals surface area (Å²) in [6, 6.07) is 13.1. The van der Waals surface area contributed by atoms with E-state index >= 15 is 0 Å². The van der Waals surface area contributed by atoms with Crippen molar-refractivity contribution in [2.24, 2.45) is 0 Å². The van der Waals surface area contributed by atoms with Gasteiger partial charge in [0, 0.05) is 12.0 Å². The van der Waals surface area contributed by atoms with Crippen LogP contribution >= 0.6 is 0 Å². The molecule has 1 aliphatic rings. The van der Waals surface area contributed by atoms with Crippen LogP contribution < -0.4 is 4.74 Å². The minimum absolute atomic E-state index is 0.256. The summed E-state index contributed by atoms with van der Waals surface area (Å²) in [7, 11) is 1.33. The lowest BCUT2D eigenvalue weighted by Crippen LogP contribution is -2.50. The normalized spacial score (nSPS) is 15.9. The third-order valence-electron chi connectivity index (χ3n) is 5.00. The smallest absolute Gasteiger partial charge is 0.411 e. The Labute approximate surface area is 177 Å². The number of carbonyl (C=O) groups excluding carboxylic acids is 2.